The van der Waals surface area contributed by atoms with E-state index in [4.69, 9.17) is 0 Å². The number of rotatable bonds is 4. The van der Waals surface area contributed by atoms with E-state index in [1.54, 1.807) is 23.1 Å². The van der Waals surface area contributed by atoms with Crippen molar-refractivity contribution >= 4 is 44.6 Å². The SMILES string of the molecule is O=C(Nc1cccc(N2CCCC2=O)c1)C1=NN([C@@H]2CCS(=O)(=O)C2)C(=O)CC1. The Morgan fingerprint density at radius 1 is 1.14 bits per heavy atom. The first-order valence-electron chi connectivity index (χ1n) is 9.64. The summed E-state index contributed by atoms with van der Waals surface area (Å²) < 4.78 is 23.4. The summed E-state index contributed by atoms with van der Waals surface area (Å²) in [5, 5.41) is 8.12. The highest BCUT2D eigenvalue weighted by Gasteiger charge is 2.37. The van der Waals surface area contributed by atoms with Gasteiger partial charge in [-0.3, -0.25) is 14.4 Å². The normalized spacial score (nSPS) is 24.0. The maximum Gasteiger partial charge on any atom is 0.271 e. The Balaban J connectivity index is 1.49. The third-order valence-electron chi connectivity index (χ3n) is 5.37. The summed E-state index contributed by atoms with van der Waals surface area (Å²) in [5.74, 6) is -0.735. The number of hydrogen-bond acceptors (Lipinski definition) is 6. The van der Waals surface area contributed by atoms with Crippen LogP contribution < -0.4 is 10.2 Å². The fraction of sp³-hybridized carbons (Fsp3) is 0.474. The Labute approximate surface area is 168 Å². The monoisotopic (exact) mass is 418 g/mol. The van der Waals surface area contributed by atoms with Crippen LogP contribution in [0.15, 0.2) is 29.4 Å². The molecule has 3 amide bonds. The molecule has 0 aliphatic carbocycles. The van der Waals surface area contributed by atoms with Gasteiger partial charge in [0, 0.05) is 37.2 Å². The lowest BCUT2D eigenvalue weighted by Gasteiger charge is -2.27. The van der Waals surface area contributed by atoms with Crippen LogP contribution in [0.25, 0.3) is 0 Å². The molecule has 1 atom stereocenters. The number of hydrogen-bond donors (Lipinski definition) is 1. The number of nitrogens with one attached hydrogen (secondary N) is 1. The van der Waals surface area contributed by atoms with Crippen LogP contribution in [0, 0.1) is 0 Å². The minimum absolute atomic E-state index is 0.0283. The van der Waals surface area contributed by atoms with Crippen LogP contribution in [0.3, 0.4) is 0 Å². The maximum absolute atomic E-state index is 12.7. The van der Waals surface area contributed by atoms with Crippen molar-refractivity contribution in [3.8, 4) is 0 Å². The number of benzene rings is 1. The molecule has 154 valence electrons. The van der Waals surface area contributed by atoms with E-state index in [1.807, 2.05) is 6.07 Å². The summed E-state index contributed by atoms with van der Waals surface area (Å²) in [7, 11) is -3.17. The fourth-order valence-corrected chi connectivity index (χ4v) is 5.56. The molecule has 0 unspecified atom stereocenters. The molecule has 0 spiro atoms. The minimum Gasteiger partial charge on any atom is -0.321 e. The highest BCUT2D eigenvalue weighted by atomic mass is 32.2. The van der Waals surface area contributed by atoms with Gasteiger partial charge in [0.1, 0.15) is 5.71 Å². The molecule has 29 heavy (non-hydrogen) atoms. The topological polar surface area (TPSA) is 116 Å². The highest BCUT2D eigenvalue weighted by Crippen LogP contribution is 2.25. The molecule has 3 aliphatic rings. The molecular formula is C19H22N4O5S. The van der Waals surface area contributed by atoms with E-state index < -0.39 is 21.8 Å². The molecule has 0 saturated carbocycles. The number of nitrogens with zero attached hydrogens (tertiary/aromatic N) is 3. The van der Waals surface area contributed by atoms with Gasteiger partial charge in [-0.15, -0.1) is 0 Å². The van der Waals surface area contributed by atoms with Gasteiger partial charge < -0.3 is 10.2 Å². The number of sulfone groups is 1. The quantitative estimate of drug-likeness (QED) is 0.780. The van der Waals surface area contributed by atoms with E-state index in [-0.39, 0.29) is 41.9 Å². The average molecular weight is 418 g/mol. The van der Waals surface area contributed by atoms with Crippen LogP contribution in [0.5, 0.6) is 0 Å². The van der Waals surface area contributed by atoms with E-state index >= 15 is 0 Å². The summed E-state index contributed by atoms with van der Waals surface area (Å²) in [4.78, 5) is 38.5. The van der Waals surface area contributed by atoms with Crippen LogP contribution >= 0.6 is 0 Å². The predicted octanol–water partition coefficient (Wildman–Crippen LogP) is 0.917. The lowest BCUT2D eigenvalue weighted by atomic mass is 10.1. The molecular weight excluding hydrogens is 396 g/mol. The first-order valence-corrected chi connectivity index (χ1v) is 11.5. The zero-order valence-electron chi connectivity index (χ0n) is 15.8. The average Bonchev–Trinajstić information content (AvgIpc) is 3.27. The summed E-state index contributed by atoms with van der Waals surface area (Å²) in [6, 6.07) is 6.52. The van der Waals surface area contributed by atoms with Gasteiger partial charge in [-0.05, 0) is 31.0 Å². The number of carbonyl (C=O) groups excluding carboxylic acids is 3. The van der Waals surface area contributed by atoms with Crippen molar-refractivity contribution in [2.24, 2.45) is 5.10 Å². The molecule has 0 aromatic heterocycles. The van der Waals surface area contributed by atoms with Crippen LogP contribution in [-0.4, -0.2) is 61.0 Å². The Bertz CT molecular complexity index is 1000. The largest absolute Gasteiger partial charge is 0.321 e. The van der Waals surface area contributed by atoms with Crippen molar-refractivity contribution in [1.82, 2.24) is 5.01 Å². The first-order chi connectivity index (χ1) is 13.8. The summed E-state index contributed by atoms with van der Waals surface area (Å²) in [6.45, 7) is 0.657. The van der Waals surface area contributed by atoms with Gasteiger partial charge in [-0.2, -0.15) is 5.10 Å². The molecule has 0 radical (unpaired) electrons. The Hall–Kier alpha value is -2.75. The number of anilines is 2. The molecule has 2 saturated heterocycles. The van der Waals surface area contributed by atoms with Gasteiger partial charge in [-0.25, -0.2) is 13.4 Å². The van der Waals surface area contributed by atoms with Gasteiger partial charge in [-0.1, -0.05) is 6.07 Å². The second kappa shape index (κ2) is 7.58. The first kappa shape index (κ1) is 19.6. The third-order valence-corrected chi connectivity index (χ3v) is 7.12. The van der Waals surface area contributed by atoms with Crippen LogP contribution in [-0.2, 0) is 24.2 Å². The van der Waals surface area contributed by atoms with E-state index in [0.29, 0.717) is 25.1 Å². The Kier molecular flexibility index (Phi) is 5.12. The smallest absolute Gasteiger partial charge is 0.271 e. The van der Waals surface area contributed by atoms with Crippen molar-refractivity contribution in [3.63, 3.8) is 0 Å². The second-order valence-electron chi connectivity index (χ2n) is 7.50. The van der Waals surface area contributed by atoms with E-state index in [1.165, 1.54) is 5.01 Å². The number of amides is 3. The molecule has 2 fully saturated rings. The van der Waals surface area contributed by atoms with Gasteiger partial charge in [0.25, 0.3) is 5.91 Å². The molecule has 9 nitrogen and oxygen atoms in total. The second-order valence-corrected chi connectivity index (χ2v) is 9.72. The zero-order valence-corrected chi connectivity index (χ0v) is 16.7. The summed E-state index contributed by atoms with van der Waals surface area (Å²) >= 11 is 0. The van der Waals surface area contributed by atoms with Crippen molar-refractivity contribution in [2.75, 3.05) is 28.3 Å². The van der Waals surface area contributed by atoms with Crippen molar-refractivity contribution in [1.29, 1.82) is 0 Å². The molecule has 3 heterocycles. The van der Waals surface area contributed by atoms with E-state index in [2.05, 4.69) is 10.4 Å². The van der Waals surface area contributed by atoms with E-state index in [9.17, 15) is 22.8 Å². The van der Waals surface area contributed by atoms with Crippen LogP contribution in [0.1, 0.15) is 32.1 Å². The molecule has 1 aromatic carbocycles. The summed E-state index contributed by atoms with van der Waals surface area (Å²) in [6.07, 6.45) is 1.98. The van der Waals surface area contributed by atoms with Gasteiger partial charge in [0.15, 0.2) is 9.84 Å². The highest BCUT2D eigenvalue weighted by molar-refractivity contribution is 7.91. The van der Waals surface area contributed by atoms with Crippen LogP contribution in [0.2, 0.25) is 0 Å². The minimum atomic E-state index is -3.17. The van der Waals surface area contributed by atoms with Crippen molar-refractivity contribution in [2.45, 2.75) is 38.1 Å². The van der Waals surface area contributed by atoms with Crippen molar-refractivity contribution < 1.29 is 22.8 Å². The molecule has 3 aliphatic heterocycles. The predicted molar refractivity (Wildman–Crippen MR) is 107 cm³/mol. The molecule has 1 aromatic rings. The molecule has 10 heteroatoms. The van der Waals surface area contributed by atoms with Crippen LogP contribution in [0.4, 0.5) is 11.4 Å². The molecule has 0 bridgehead atoms. The Morgan fingerprint density at radius 2 is 1.97 bits per heavy atom. The zero-order chi connectivity index (χ0) is 20.6. The standard InChI is InChI=1S/C19H22N4O5S/c24-17-5-2-9-22(17)14-4-1-3-13(11-14)20-19(26)16-6-7-18(25)23(21-16)15-8-10-29(27,28)12-15/h1,3-4,11,15H,2,5-10,12H2,(H,20,26)/t15-/m1/s1. The van der Waals surface area contributed by atoms with Gasteiger partial charge >= 0.3 is 0 Å². The van der Waals surface area contributed by atoms with Gasteiger partial charge in [0.2, 0.25) is 11.8 Å². The lowest BCUT2D eigenvalue weighted by Crippen LogP contribution is -2.42. The lowest BCUT2D eigenvalue weighted by molar-refractivity contribution is -0.133. The van der Waals surface area contributed by atoms with Gasteiger partial charge in [0.05, 0.1) is 17.5 Å². The Morgan fingerprint density at radius 3 is 2.66 bits per heavy atom. The third kappa shape index (κ3) is 4.16. The fourth-order valence-electron chi connectivity index (χ4n) is 3.86. The molecule has 4 rings (SSSR count). The maximum atomic E-state index is 12.7. The number of carbonyl (C=O) groups is 3. The summed E-state index contributed by atoms with van der Waals surface area (Å²) in [5.41, 5.74) is 1.45. The molecule has 1 N–H and O–H groups in total. The number of hydrazone groups is 1. The van der Waals surface area contributed by atoms with Crippen molar-refractivity contribution in [3.05, 3.63) is 24.3 Å². The van der Waals surface area contributed by atoms with E-state index in [0.717, 1.165) is 12.1 Å².